The number of carbonyl (C=O) groups is 3. The molecule has 0 bridgehead atoms. The number of rotatable bonds is 7. The van der Waals surface area contributed by atoms with Gasteiger partial charge in [0.15, 0.2) is 0 Å². The van der Waals surface area contributed by atoms with Gasteiger partial charge in [-0.3, -0.25) is 24.6 Å². The van der Waals surface area contributed by atoms with Gasteiger partial charge in [-0.2, -0.15) is 0 Å². The Balaban J connectivity index is 0.742. The second-order valence-electron chi connectivity index (χ2n) is 15.7. The fourth-order valence-electron chi connectivity index (χ4n) is 9.18. The molecule has 2 aromatic carbocycles. The van der Waals surface area contributed by atoms with Gasteiger partial charge in [0.2, 0.25) is 11.8 Å². The summed E-state index contributed by atoms with van der Waals surface area (Å²) in [6.45, 7) is 7.62. The predicted molar refractivity (Wildman–Crippen MR) is 214 cm³/mol. The normalized spacial score (nSPS) is 22.2. The van der Waals surface area contributed by atoms with Crippen LogP contribution in [-0.4, -0.2) is 88.9 Å². The number of anilines is 2. The fraction of sp³-hybridized carbons (Fsp3) is 0.409. The number of hydrogen-bond donors (Lipinski definition) is 1. The minimum Gasteiger partial charge on any atom is -0.369 e. The van der Waals surface area contributed by atoms with Gasteiger partial charge < -0.3 is 19.3 Å². The van der Waals surface area contributed by atoms with Gasteiger partial charge in [0.05, 0.1) is 0 Å². The molecule has 3 amide bonds. The average Bonchev–Trinajstić information content (AvgIpc) is 3.65. The summed E-state index contributed by atoms with van der Waals surface area (Å²) in [7, 11) is 2.17. The molecule has 2 aromatic heterocycles. The monoisotopic (exact) mass is 723 g/mol. The number of imide groups is 1. The summed E-state index contributed by atoms with van der Waals surface area (Å²) in [5.74, 6) is 1.06. The zero-order chi connectivity index (χ0) is 36.8. The molecule has 1 atom stereocenters. The van der Waals surface area contributed by atoms with Crippen molar-refractivity contribution in [3.63, 3.8) is 0 Å². The van der Waals surface area contributed by atoms with Crippen LogP contribution in [-0.2, 0) is 23.2 Å². The van der Waals surface area contributed by atoms with Crippen molar-refractivity contribution in [2.45, 2.75) is 57.5 Å². The third kappa shape index (κ3) is 6.61. The van der Waals surface area contributed by atoms with E-state index in [1.807, 2.05) is 18.3 Å². The van der Waals surface area contributed by atoms with Gasteiger partial charge in [0.25, 0.3) is 5.91 Å². The van der Waals surface area contributed by atoms with E-state index in [2.05, 4.69) is 92.3 Å². The van der Waals surface area contributed by atoms with Crippen LogP contribution in [0, 0.1) is 5.92 Å². The summed E-state index contributed by atoms with van der Waals surface area (Å²) < 4.78 is 2.31. The molecular weight excluding hydrogens is 675 g/mol. The molecule has 6 heterocycles. The van der Waals surface area contributed by atoms with Gasteiger partial charge in [0.1, 0.15) is 11.9 Å². The minimum atomic E-state index is -0.580. The number of amides is 3. The summed E-state index contributed by atoms with van der Waals surface area (Å²) in [6.07, 6.45) is 17.6. The number of pyridine rings is 1. The molecule has 0 spiro atoms. The Morgan fingerprint density at radius 3 is 2.39 bits per heavy atom. The van der Waals surface area contributed by atoms with Gasteiger partial charge in [-0.25, -0.2) is 4.98 Å². The summed E-state index contributed by atoms with van der Waals surface area (Å²) in [5.41, 5.74) is 8.95. The molecule has 1 aliphatic carbocycles. The number of allylic oxidation sites excluding steroid dienone is 2. The van der Waals surface area contributed by atoms with Crippen LogP contribution in [0.25, 0.3) is 34.2 Å². The van der Waals surface area contributed by atoms with E-state index in [1.54, 1.807) is 4.90 Å². The lowest BCUT2D eigenvalue weighted by Gasteiger charge is -2.38. The summed E-state index contributed by atoms with van der Waals surface area (Å²) in [6, 6.07) is 16.7. The van der Waals surface area contributed by atoms with Gasteiger partial charge >= 0.3 is 0 Å². The SMILES string of the molecule is Cn1c2c(c3ccc(-c4ccc(N5CCC(CCN6CCN(c7ccc8c(c7)CN(C7CCC(=O)NC7=O)C8=O)CC6)CC5)nc4)cc31)/C=C\CC/C=C\2. The molecule has 10 heteroatoms. The highest BCUT2D eigenvalue weighted by molar-refractivity contribution is 6.05. The Kier molecular flexibility index (Phi) is 9.31. The number of nitrogens with one attached hydrogen (secondary N) is 1. The predicted octanol–water partition coefficient (Wildman–Crippen LogP) is 6.25. The third-order valence-corrected chi connectivity index (χ3v) is 12.5. The number of benzene rings is 2. The Labute approximate surface area is 317 Å². The molecule has 0 saturated carbocycles. The van der Waals surface area contributed by atoms with Crippen LogP contribution in [0.3, 0.4) is 0 Å². The number of aryl methyl sites for hydroxylation is 1. The number of piperazine rings is 1. The maximum atomic E-state index is 13.1. The molecule has 1 N–H and O–H groups in total. The highest BCUT2D eigenvalue weighted by Crippen LogP contribution is 2.34. The number of hydrogen-bond acceptors (Lipinski definition) is 7. The Morgan fingerprint density at radius 1 is 0.815 bits per heavy atom. The first-order valence-electron chi connectivity index (χ1n) is 19.8. The summed E-state index contributed by atoms with van der Waals surface area (Å²) in [5, 5.41) is 3.68. The molecule has 278 valence electrons. The van der Waals surface area contributed by atoms with E-state index in [0.29, 0.717) is 18.5 Å². The second-order valence-corrected chi connectivity index (χ2v) is 15.7. The Hall–Kier alpha value is -5.22. The largest absolute Gasteiger partial charge is 0.369 e. The van der Waals surface area contributed by atoms with Crippen molar-refractivity contribution in [3.8, 4) is 11.1 Å². The van der Waals surface area contributed by atoms with Crippen LogP contribution >= 0.6 is 0 Å². The summed E-state index contributed by atoms with van der Waals surface area (Å²) in [4.78, 5) is 51.2. The van der Waals surface area contributed by atoms with Crippen LogP contribution < -0.4 is 15.1 Å². The highest BCUT2D eigenvalue weighted by Gasteiger charge is 2.39. The number of nitrogens with zero attached hydrogens (tertiary/aromatic N) is 6. The van der Waals surface area contributed by atoms with Crippen molar-refractivity contribution in [1.82, 2.24) is 24.7 Å². The zero-order valence-corrected chi connectivity index (χ0v) is 31.2. The van der Waals surface area contributed by atoms with E-state index >= 15 is 0 Å². The van der Waals surface area contributed by atoms with E-state index in [1.165, 1.54) is 47.0 Å². The van der Waals surface area contributed by atoms with Crippen molar-refractivity contribution in [2.24, 2.45) is 13.0 Å². The molecule has 3 fully saturated rings. The van der Waals surface area contributed by atoms with E-state index in [-0.39, 0.29) is 24.1 Å². The van der Waals surface area contributed by atoms with Crippen molar-refractivity contribution in [2.75, 3.05) is 55.6 Å². The quantitative estimate of drug-likeness (QED) is 0.226. The Morgan fingerprint density at radius 2 is 1.61 bits per heavy atom. The third-order valence-electron chi connectivity index (χ3n) is 12.5. The molecule has 9 rings (SSSR count). The molecule has 4 aromatic rings. The molecule has 0 radical (unpaired) electrons. The number of fused-ring (bicyclic) bond motifs is 4. The lowest BCUT2D eigenvalue weighted by atomic mass is 9.93. The van der Waals surface area contributed by atoms with Gasteiger partial charge in [-0.15, -0.1) is 0 Å². The first kappa shape index (κ1) is 34.5. The van der Waals surface area contributed by atoms with Crippen LogP contribution in [0.4, 0.5) is 11.5 Å². The highest BCUT2D eigenvalue weighted by atomic mass is 16.2. The molecule has 54 heavy (non-hydrogen) atoms. The first-order chi connectivity index (χ1) is 26.4. The van der Waals surface area contributed by atoms with E-state index < -0.39 is 6.04 Å². The minimum absolute atomic E-state index is 0.118. The second kappa shape index (κ2) is 14.5. The maximum absolute atomic E-state index is 13.1. The van der Waals surface area contributed by atoms with Crippen molar-refractivity contribution in [1.29, 1.82) is 0 Å². The molecule has 4 aliphatic heterocycles. The van der Waals surface area contributed by atoms with Gasteiger partial charge in [0, 0.05) is 104 Å². The van der Waals surface area contributed by atoms with Crippen LogP contribution in [0.5, 0.6) is 0 Å². The zero-order valence-electron chi connectivity index (χ0n) is 31.2. The van der Waals surface area contributed by atoms with Crippen molar-refractivity contribution >= 4 is 52.3 Å². The van der Waals surface area contributed by atoms with Crippen molar-refractivity contribution in [3.05, 3.63) is 89.3 Å². The fourth-order valence-corrected chi connectivity index (χ4v) is 9.18. The molecule has 10 nitrogen and oxygen atoms in total. The van der Waals surface area contributed by atoms with Gasteiger partial charge in [-0.05, 0) is 105 Å². The number of carbonyl (C=O) groups excluding carboxylic acids is 3. The molecule has 5 aliphatic rings. The molecule has 3 saturated heterocycles. The molecule has 1 unspecified atom stereocenters. The smallest absolute Gasteiger partial charge is 0.255 e. The van der Waals surface area contributed by atoms with Crippen molar-refractivity contribution < 1.29 is 14.4 Å². The first-order valence-corrected chi connectivity index (χ1v) is 19.8. The number of piperidine rings is 2. The average molecular weight is 724 g/mol. The van der Waals surface area contributed by atoms with E-state index in [4.69, 9.17) is 4.98 Å². The number of aromatic nitrogens is 2. The Bertz CT molecular complexity index is 2150. The standard InChI is InChI=1S/C44H49N7O3/c1-47-38-7-5-3-2-4-6-36(38)37-11-8-31(27-40(37)47)32-9-14-41(45-28-32)50-20-17-30(18-21-50)16-19-48-22-24-49(25-23-48)34-10-12-35-33(26-34)29-51(44(35)54)39-13-15-42(52)46-43(39)53/h4-12,14,26-28,30,39H,2-3,13,15-25,29H2,1H3,(H,46,52,53)/b6-4-,7-5-. The lowest BCUT2D eigenvalue weighted by molar-refractivity contribution is -0.136. The van der Waals surface area contributed by atoms with E-state index in [0.717, 1.165) is 87.2 Å². The van der Waals surface area contributed by atoms with Gasteiger partial charge in [-0.1, -0.05) is 30.4 Å². The molecular formula is C44H49N7O3. The van der Waals surface area contributed by atoms with Crippen LogP contribution in [0.2, 0.25) is 0 Å². The van der Waals surface area contributed by atoms with Crippen LogP contribution in [0.15, 0.2) is 66.9 Å². The van der Waals surface area contributed by atoms with E-state index in [9.17, 15) is 14.4 Å². The lowest BCUT2D eigenvalue weighted by Crippen LogP contribution is -2.52. The maximum Gasteiger partial charge on any atom is 0.255 e. The topological polar surface area (TPSA) is 94.0 Å². The van der Waals surface area contributed by atoms with Crippen LogP contribution in [0.1, 0.15) is 72.1 Å². The summed E-state index contributed by atoms with van der Waals surface area (Å²) >= 11 is 0.